The van der Waals surface area contributed by atoms with Gasteiger partial charge < -0.3 is 37.9 Å². The van der Waals surface area contributed by atoms with Gasteiger partial charge in [0.25, 0.3) is 31.8 Å². The van der Waals surface area contributed by atoms with Crippen LogP contribution in [0.15, 0.2) is 144 Å². The van der Waals surface area contributed by atoms with Crippen molar-refractivity contribution < 1.29 is 54.7 Å². The summed E-state index contributed by atoms with van der Waals surface area (Å²) in [4.78, 5) is 35.8. The number of aromatic nitrogens is 8. The summed E-state index contributed by atoms with van der Waals surface area (Å²) in [6, 6.07) is 29.6. The zero-order valence-electron chi connectivity index (χ0n) is 46.1. The fourth-order valence-electron chi connectivity index (χ4n) is 8.19. The Bertz CT molecular complexity index is 3500. The fourth-order valence-corrected chi connectivity index (χ4v) is 10.2. The summed E-state index contributed by atoms with van der Waals surface area (Å²) in [7, 11) is -5.84. The lowest BCUT2D eigenvalue weighted by Crippen LogP contribution is -2.34. The molecule has 81 heavy (non-hydrogen) atoms. The topological polar surface area (TPSA) is 269 Å². The predicted octanol–water partition coefficient (Wildman–Crippen LogP) is 9.96. The second-order valence-corrected chi connectivity index (χ2v) is 24.2. The maximum Gasteiger partial charge on any atom is 0.264 e. The normalized spacial score (nSPS) is 15.3. The molecule has 24 heteroatoms. The number of sulfonamides is 2. The van der Waals surface area contributed by atoms with Gasteiger partial charge in [0.05, 0.1) is 24.0 Å². The van der Waals surface area contributed by atoms with Crippen molar-refractivity contribution in [1.82, 2.24) is 39.9 Å². The van der Waals surface area contributed by atoms with Crippen LogP contribution in [-0.2, 0) is 40.4 Å². The molecule has 2 atom stereocenters. The van der Waals surface area contributed by atoms with E-state index in [0.29, 0.717) is 11.5 Å². The number of para-hydroxylation sites is 4. The van der Waals surface area contributed by atoms with Crippen LogP contribution >= 0.6 is 0 Å². The van der Waals surface area contributed by atoms with Crippen LogP contribution in [-0.4, -0.2) is 102 Å². The third-order valence-electron chi connectivity index (χ3n) is 12.3. The molecule has 1 aliphatic rings. The Kier molecular flexibility index (Phi) is 16.4. The van der Waals surface area contributed by atoms with Crippen molar-refractivity contribution in [3.63, 3.8) is 0 Å². The van der Waals surface area contributed by atoms with E-state index in [4.69, 9.17) is 47.9 Å². The van der Waals surface area contributed by atoms with Gasteiger partial charge in [-0.3, -0.25) is 9.44 Å². The zero-order valence-corrected chi connectivity index (χ0v) is 47.7. The molecule has 0 radical (unpaired) electrons. The number of rotatable bonds is 20. The molecule has 5 heterocycles. The van der Waals surface area contributed by atoms with Gasteiger partial charge in [0.1, 0.15) is 25.4 Å². The summed E-state index contributed by atoms with van der Waals surface area (Å²) in [5.41, 5.74) is 1.34. The molecule has 0 aliphatic carbocycles. The van der Waals surface area contributed by atoms with Gasteiger partial charge in [0, 0.05) is 24.8 Å². The first-order valence-electron chi connectivity index (χ1n) is 25.4. The largest absolute Gasteiger partial charge is 0.493 e. The lowest BCUT2D eigenvalue weighted by Gasteiger charge is -2.22. The van der Waals surface area contributed by atoms with E-state index in [9.17, 15) is 16.8 Å². The number of ether oxygens (including phenoxy) is 8. The van der Waals surface area contributed by atoms with Gasteiger partial charge in [0.15, 0.2) is 52.1 Å². The molecule has 422 valence electrons. The van der Waals surface area contributed by atoms with Gasteiger partial charge in [-0.2, -0.15) is 9.97 Å². The minimum atomic E-state index is -4.38. The average Bonchev–Trinajstić information content (AvgIpc) is 3.83. The van der Waals surface area contributed by atoms with Crippen LogP contribution in [0.5, 0.6) is 46.3 Å². The van der Waals surface area contributed by atoms with E-state index in [1.807, 2.05) is 41.5 Å². The Labute approximate surface area is 469 Å². The monoisotopic (exact) mass is 1140 g/mol. The molecular formula is C57H60N10O12S2. The number of nitrogens with one attached hydrogen (secondary N) is 2. The maximum absolute atomic E-state index is 14.3. The van der Waals surface area contributed by atoms with E-state index >= 15 is 0 Å². The average molecular weight is 1140 g/mol. The van der Waals surface area contributed by atoms with Crippen LogP contribution in [0.1, 0.15) is 66.5 Å². The molecule has 1 saturated heterocycles. The molecule has 0 bridgehead atoms. The van der Waals surface area contributed by atoms with E-state index in [1.54, 1.807) is 98.8 Å². The van der Waals surface area contributed by atoms with Gasteiger partial charge in [-0.15, -0.1) is 0 Å². The molecular weight excluding hydrogens is 1080 g/mol. The van der Waals surface area contributed by atoms with E-state index in [2.05, 4.69) is 39.3 Å². The van der Waals surface area contributed by atoms with Crippen molar-refractivity contribution in [3.8, 4) is 69.6 Å². The molecule has 1 fully saturated rings. The summed E-state index contributed by atoms with van der Waals surface area (Å²) in [6.07, 6.45) is 3.97. The minimum absolute atomic E-state index is 0.0328. The highest BCUT2D eigenvalue weighted by molar-refractivity contribution is 7.93. The fraction of sp³-hybridized carbons (Fsp3) is 0.298. The van der Waals surface area contributed by atoms with E-state index in [-0.39, 0.29) is 104 Å². The van der Waals surface area contributed by atoms with Crippen molar-refractivity contribution in [2.45, 2.75) is 94.0 Å². The molecule has 2 N–H and O–H groups in total. The number of hydrogen-bond donors (Lipinski definition) is 2. The standard InChI is InChI=1S/C57H60N10O12S2/c1-55(2,3)35-21-25-37(26-22-35)80(68,69)66-47-45(76-41-19-13-11-17-39(41)72-9)53(64-51(62-47)49-58-29-15-30-59-49)74-33-43-44(79-57(7,8)78-43)34-75-54-46(77-42-20-14-12-18-40(42)73-10)48(63-52(65-54)50-60-31-16-32-61-50)67-81(70,71)38-27-23-36(24-28-38)56(4,5)6/h11-32,43-44H,33-34H2,1-10H3,(H,62,64,66)(H,63,65,67). The molecule has 22 nitrogen and oxygen atoms in total. The summed E-state index contributed by atoms with van der Waals surface area (Å²) in [6.45, 7) is 14.9. The lowest BCUT2D eigenvalue weighted by atomic mass is 9.87. The summed E-state index contributed by atoms with van der Waals surface area (Å²) in [5, 5.41) is 0. The Hall–Kier alpha value is -8.58. The predicted molar refractivity (Wildman–Crippen MR) is 299 cm³/mol. The van der Waals surface area contributed by atoms with Crippen LogP contribution in [0, 0.1) is 0 Å². The van der Waals surface area contributed by atoms with Crippen LogP contribution < -0.4 is 37.9 Å². The second kappa shape index (κ2) is 23.3. The first-order chi connectivity index (χ1) is 38.5. The number of hydrogen-bond acceptors (Lipinski definition) is 20. The van der Waals surface area contributed by atoms with E-state index in [0.717, 1.165) is 11.1 Å². The van der Waals surface area contributed by atoms with Crippen molar-refractivity contribution in [3.05, 3.63) is 145 Å². The Morgan fingerprint density at radius 3 is 1.16 bits per heavy atom. The first kappa shape index (κ1) is 57.1. The highest BCUT2D eigenvalue weighted by Crippen LogP contribution is 2.44. The smallest absolute Gasteiger partial charge is 0.264 e. The molecule has 9 rings (SSSR count). The number of methoxy groups -OCH3 is 2. The van der Waals surface area contributed by atoms with Crippen molar-refractivity contribution in [2.24, 2.45) is 0 Å². The zero-order chi connectivity index (χ0) is 57.7. The number of benzene rings is 4. The second-order valence-electron chi connectivity index (χ2n) is 20.8. The van der Waals surface area contributed by atoms with Gasteiger partial charge in [-0.25, -0.2) is 46.7 Å². The maximum atomic E-state index is 14.3. The Morgan fingerprint density at radius 2 is 0.827 bits per heavy atom. The van der Waals surface area contributed by atoms with Gasteiger partial charge >= 0.3 is 0 Å². The minimum Gasteiger partial charge on any atom is -0.493 e. The van der Waals surface area contributed by atoms with Crippen LogP contribution in [0.25, 0.3) is 23.3 Å². The summed E-state index contributed by atoms with van der Waals surface area (Å²) >= 11 is 0. The molecule has 4 aromatic carbocycles. The molecule has 4 aromatic heterocycles. The molecule has 8 aromatic rings. The van der Waals surface area contributed by atoms with Gasteiger partial charge in [0.2, 0.25) is 23.1 Å². The van der Waals surface area contributed by atoms with Crippen LogP contribution in [0.4, 0.5) is 11.6 Å². The van der Waals surface area contributed by atoms with E-state index < -0.39 is 38.0 Å². The van der Waals surface area contributed by atoms with Crippen molar-refractivity contribution in [2.75, 3.05) is 36.9 Å². The highest BCUT2D eigenvalue weighted by atomic mass is 32.2. The molecule has 0 spiro atoms. The summed E-state index contributed by atoms with van der Waals surface area (Å²) in [5.74, 6) is -2.18. The molecule has 1 aliphatic heterocycles. The number of nitrogens with zero attached hydrogens (tertiary/aromatic N) is 8. The number of anilines is 2. The Balaban J connectivity index is 1.10. The lowest BCUT2D eigenvalue weighted by molar-refractivity contribution is -0.150. The van der Waals surface area contributed by atoms with Gasteiger partial charge in [-0.05, 0) is 96.5 Å². The Morgan fingerprint density at radius 1 is 0.481 bits per heavy atom. The molecule has 0 amide bonds. The SMILES string of the molecule is COc1ccccc1Oc1c(NS(=O)(=O)c2ccc(C(C)(C)C)cc2)nc(-c2ncccn2)nc1OCC1OC(C)(C)OC1COc1nc(-c2ncccn2)nc(NS(=O)(=O)c2ccc(C(C)(C)C)cc2)c1Oc1ccccc1OC. The van der Waals surface area contributed by atoms with Crippen LogP contribution in [0.3, 0.4) is 0 Å². The van der Waals surface area contributed by atoms with Gasteiger partial charge in [-0.1, -0.05) is 90.1 Å². The molecule has 2 unspecified atom stereocenters. The van der Waals surface area contributed by atoms with Crippen LogP contribution in [0.2, 0.25) is 0 Å². The highest BCUT2D eigenvalue weighted by Gasteiger charge is 2.43. The molecule has 0 saturated carbocycles. The summed E-state index contributed by atoms with van der Waals surface area (Å²) < 4.78 is 113. The van der Waals surface area contributed by atoms with Crippen molar-refractivity contribution in [1.29, 1.82) is 0 Å². The van der Waals surface area contributed by atoms with E-state index in [1.165, 1.54) is 63.3 Å². The van der Waals surface area contributed by atoms with Crippen molar-refractivity contribution >= 4 is 31.7 Å². The third-order valence-corrected chi connectivity index (χ3v) is 15.0. The third kappa shape index (κ3) is 13.5. The quantitative estimate of drug-likeness (QED) is 0.0718. The first-order valence-corrected chi connectivity index (χ1v) is 28.4.